The monoisotopic (exact) mass is 336 g/mol. The van der Waals surface area contributed by atoms with Crippen molar-refractivity contribution in [2.75, 3.05) is 14.2 Å². The average molecular weight is 336 g/mol. The second-order valence-electron chi connectivity index (χ2n) is 5.93. The van der Waals surface area contributed by atoms with Crippen molar-refractivity contribution in [2.45, 2.75) is 26.3 Å². The molecule has 0 aliphatic carbocycles. The molecule has 25 heavy (non-hydrogen) atoms. The molecule has 4 heteroatoms. The summed E-state index contributed by atoms with van der Waals surface area (Å²) < 4.78 is 13.2. The smallest absolute Gasteiger partial charge is 0.128 e. The van der Waals surface area contributed by atoms with Crippen LogP contribution in [0.15, 0.2) is 54.9 Å². The van der Waals surface area contributed by atoms with Gasteiger partial charge in [-0.1, -0.05) is 43.7 Å². The van der Waals surface area contributed by atoms with Crippen LogP contribution in [0.3, 0.4) is 0 Å². The van der Waals surface area contributed by atoms with Gasteiger partial charge in [0.25, 0.3) is 0 Å². The number of hydrogen-bond acceptors (Lipinski definition) is 3. The standard InChI is InChI=1S/C21H24N2O2/c1-4-9-18-21(17-11-6-8-13-20(17)25-3)22-15-23(18)14-16-10-5-7-12-19(16)24-2/h5-8,10-13,15H,4,9,14H2,1-3H3. The molecule has 1 heterocycles. The van der Waals surface area contributed by atoms with Crippen molar-refractivity contribution < 1.29 is 9.47 Å². The summed E-state index contributed by atoms with van der Waals surface area (Å²) in [5, 5.41) is 0. The quantitative estimate of drug-likeness (QED) is 0.634. The van der Waals surface area contributed by atoms with Crippen molar-refractivity contribution in [3.63, 3.8) is 0 Å². The molecular formula is C21H24N2O2. The predicted molar refractivity (Wildman–Crippen MR) is 100 cm³/mol. The summed E-state index contributed by atoms with van der Waals surface area (Å²) in [4.78, 5) is 4.71. The van der Waals surface area contributed by atoms with Crippen molar-refractivity contribution in [1.29, 1.82) is 0 Å². The number of para-hydroxylation sites is 2. The van der Waals surface area contributed by atoms with Gasteiger partial charge in [0, 0.05) is 16.8 Å². The molecule has 0 amide bonds. The molecule has 0 atom stereocenters. The van der Waals surface area contributed by atoms with E-state index in [2.05, 4.69) is 23.6 Å². The lowest BCUT2D eigenvalue weighted by atomic mass is 10.1. The lowest BCUT2D eigenvalue weighted by Gasteiger charge is -2.13. The Labute approximate surface area is 149 Å². The van der Waals surface area contributed by atoms with E-state index in [1.54, 1.807) is 14.2 Å². The Balaban J connectivity index is 2.03. The third kappa shape index (κ3) is 3.53. The molecule has 0 bridgehead atoms. The number of rotatable bonds is 7. The molecule has 0 saturated carbocycles. The molecule has 0 unspecified atom stereocenters. The summed E-state index contributed by atoms with van der Waals surface area (Å²) in [6.45, 7) is 2.92. The van der Waals surface area contributed by atoms with Crippen LogP contribution in [0.25, 0.3) is 11.3 Å². The topological polar surface area (TPSA) is 36.3 Å². The molecule has 3 aromatic rings. The number of hydrogen-bond donors (Lipinski definition) is 0. The van der Waals surface area contributed by atoms with Crippen LogP contribution in [0, 0.1) is 0 Å². The Kier molecular flexibility index (Phi) is 5.39. The number of ether oxygens (including phenoxy) is 2. The molecule has 2 aromatic carbocycles. The molecular weight excluding hydrogens is 312 g/mol. The van der Waals surface area contributed by atoms with E-state index in [1.807, 2.05) is 42.7 Å². The molecule has 4 nitrogen and oxygen atoms in total. The highest BCUT2D eigenvalue weighted by Gasteiger charge is 2.16. The van der Waals surface area contributed by atoms with Gasteiger partial charge in [0.1, 0.15) is 11.5 Å². The second kappa shape index (κ2) is 7.88. The maximum absolute atomic E-state index is 5.53. The first-order valence-corrected chi connectivity index (χ1v) is 8.57. The van der Waals surface area contributed by atoms with Gasteiger partial charge < -0.3 is 14.0 Å². The molecule has 1 aromatic heterocycles. The normalized spacial score (nSPS) is 10.7. The summed E-state index contributed by atoms with van der Waals surface area (Å²) >= 11 is 0. The van der Waals surface area contributed by atoms with Crippen LogP contribution in [0.4, 0.5) is 0 Å². The van der Waals surface area contributed by atoms with E-state index in [0.717, 1.165) is 47.7 Å². The SMILES string of the molecule is CCCc1c(-c2ccccc2OC)ncn1Cc1ccccc1OC. The first-order valence-electron chi connectivity index (χ1n) is 8.57. The summed E-state index contributed by atoms with van der Waals surface area (Å²) in [5.74, 6) is 1.75. The van der Waals surface area contributed by atoms with Crippen molar-refractivity contribution in [2.24, 2.45) is 0 Å². The Bertz CT molecular complexity index is 839. The van der Waals surface area contributed by atoms with E-state index in [4.69, 9.17) is 14.5 Å². The van der Waals surface area contributed by atoms with Crippen molar-refractivity contribution in [3.05, 3.63) is 66.1 Å². The zero-order valence-corrected chi connectivity index (χ0v) is 15.0. The van der Waals surface area contributed by atoms with Crippen molar-refractivity contribution in [1.82, 2.24) is 9.55 Å². The highest BCUT2D eigenvalue weighted by Crippen LogP contribution is 2.32. The molecule has 130 valence electrons. The van der Waals surface area contributed by atoms with Crippen LogP contribution in [0.5, 0.6) is 11.5 Å². The minimum absolute atomic E-state index is 0.738. The molecule has 0 aliphatic heterocycles. The first-order chi connectivity index (χ1) is 12.3. The van der Waals surface area contributed by atoms with E-state index in [0.29, 0.717) is 0 Å². The van der Waals surface area contributed by atoms with E-state index in [-0.39, 0.29) is 0 Å². The van der Waals surface area contributed by atoms with Crippen LogP contribution in [0.1, 0.15) is 24.6 Å². The highest BCUT2D eigenvalue weighted by atomic mass is 16.5. The molecule has 0 saturated heterocycles. The van der Waals surface area contributed by atoms with Crippen LogP contribution in [-0.2, 0) is 13.0 Å². The van der Waals surface area contributed by atoms with Gasteiger partial charge in [0.15, 0.2) is 0 Å². The van der Waals surface area contributed by atoms with Crippen LogP contribution >= 0.6 is 0 Å². The summed E-state index contributed by atoms with van der Waals surface area (Å²) in [5.41, 5.74) is 4.39. The summed E-state index contributed by atoms with van der Waals surface area (Å²) in [6, 6.07) is 16.2. The molecule has 0 fully saturated rings. The fraction of sp³-hybridized carbons (Fsp3) is 0.286. The lowest BCUT2D eigenvalue weighted by Crippen LogP contribution is -2.05. The minimum Gasteiger partial charge on any atom is -0.496 e. The van der Waals surface area contributed by atoms with Crippen LogP contribution in [-0.4, -0.2) is 23.8 Å². The molecule has 3 rings (SSSR count). The van der Waals surface area contributed by atoms with Gasteiger partial charge >= 0.3 is 0 Å². The van der Waals surface area contributed by atoms with Gasteiger partial charge in [0.05, 0.1) is 32.8 Å². The number of nitrogens with zero attached hydrogens (tertiary/aromatic N) is 2. The summed E-state index contributed by atoms with van der Waals surface area (Å²) in [6.07, 6.45) is 3.93. The Morgan fingerprint density at radius 2 is 1.60 bits per heavy atom. The Morgan fingerprint density at radius 1 is 0.920 bits per heavy atom. The van der Waals surface area contributed by atoms with Gasteiger partial charge in [-0.2, -0.15) is 0 Å². The number of aromatic nitrogens is 2. The van der Waals surface area contributed by atoms with Crippen LogP contribution < -0.4 is 9.47 Å². The van der Waals surface area contributed by atoms with Gasteiger partial charge in [-0.15, -0.1) is 0 Å². The average Bonchev–Trinajstić information content (AvgIpc) is 3.05. The summed E-state index contributed by atoms with van der Waals surface area (Å²) in [7, 11) is 3.41. The number of imidazole rings is 1. The van der Waals surface area contributed by atoms with E-state index in [1.165, 1.54) is 5.69 Å². The maximum Gasteiger partial charge on any atom is 0.128 e. The van der Waals surface area contributed by atoms with E-state index >= 15 is 0 Å². The minimum atomic E-state index is 0.738. The Morgan fingerprint density at radius 3 is 2.32 bits per heavy atom. The van der Waals surface area contributed by atoms with Crippen molar-refractivity contribution in [3.8, 4) is 22.8 Å². The fourth-order valence-corrected chi connectivity index (χ4v) is 3.13. The largest absolute Gasteiger partial charge is 0.496 e. The predicted octanol–water partition coefficient (Wildman–Crippen LogP) is 4.57. The lowest BCUT2D eigenvalue weighted by molar-refractivity contribution is 0.408. The van der Waals surface area contributed by atoms with Crippen molar-refractivity contribution >= 4 is 0 Å². The molecule has 0 N–H and O–H groups in total. The van der Waals surface area contributed by atoms with Gasteiger partial charge in [-0.3, -0.25) is 0 Å². The second-order valence-corrected chi connectivity index (χ2v) is 5.93. The fourth-order valence-electron chi connectivity index (χ4n) is 3.13. The number of benzene rings is 2. The number of methoxy groups -OCH3 is 2. The van der Waals surface area contributed by atoms with E-state index < -0.39 is 0 Å². The highest BCUT2D eigenvalue weighted by molar-refractivity contribution is 5.69. The van der Waals surface area contributed by atoms with Gasteiger partial charge in [-0.05, 0) is 24.6 Å². The molecule has 0 aliphatic rings. The zero-order chi connectivity index (χ0) is 17.6. The van der Waals surface area contributed by atoms with Gasteiger partial charge in [0.2, 0.25) is 0 Å². The zero-order valence-electron chi connectivity index (χ0n) is 15.0. The van der Waals surface area contributed by atoms with Crippen LogP contribution in [0.2, 0.25) is 0 Å². The maximum atomic E-state index is 5.53. The third-order valence-corrected chi connectivity index (χ3v) is 4.33. The third-order valence-electron chi connectivity index (χ3n) is 4.33. The van der Waals surface area contributed by atoms with Gasteiger partial charge in [-0.25, -0.2) is 4.98 Å². The van der Waals surface area contributed by atoms with E-state index in [9.17, 15) is 0 Å². The Hall–Kier alpha value is -2.75. The first kappa shape index (κ1) is 17.1. The molecule has 0 spiro atoms. The molecule has 0 radical (unpaired) electrons.